The lowest BCUT2D eigenvalue weighted by Crippen LogP contribution is -2.44. The fraction of sp³-hybridized carbons (Fsp3) is 0.533. The average Bonchev–Trinajstić information content (AvgIpc) is 3.20. The molecular formula is C15H21ClN2O. The van der Waals surface area contributed by atoms with E-state index in [1.165, 1.54) is 0 Å². The van der Waals surface area contributed by atoms with E-state index in [2.05, 4.69) is 17.6 Å². The number of carbonyl (C=O) groups excluding carboxylic acids is 1. The van der Waals surface area contributed by atoms with E-state index < -0.39 is 0 Å². The summed E-state index contributed by atoms with van der Waals surface area (Å²) in [6, 6.07) is 8.20. The van der Waals surface area contributed by atoms with Crippen LogP contribution < -0.4 is 10.6 Å². The maximum absolute atomic E-state index is 11.9. The first kappa shape index (κ1) is 14.4. The highest BCUT2D eigenvalue weighted by atomic mass is 35.5. The van der Waals surface area contributed by atoms with Crippen molar-refractivity contribution in [3.8, 4) is 0 Å². The van der Waals surface area contributed by atoms with Gasteiger partial charge in [-0.25, -0.2) is 0 Å². The van der Waals surface area contributed by atoms with Gasteiger partial charge in [-0.05, 0) is 43.9 Å². The Labute approximate surface area is 119 Å². The number of amides is 1. The van der Waals surface area contributed by atoms with E-state index in [4.69, 9.17) is 11.6 Å². The van der Waals surface area contributed by atoms with Crippen LogP contribution in [-0.2, 0) is 4.79 Å². The molecular weight excluding hydrogens is 260 g/mol. The maximum Gasteiger partial charge on any atom is 0.237 e. The molecule has 1 aromatic carbocycles. The standard InChI is InChI=1S/C15H21ClN2O/c1-3-14(11-4-6-12(16)7-5-11)17-10(2)15(19)18-13-8-9-13/h4-7,10,13-14,17H,3,8-9H2,1-2H3,(H,18,19). The molecule has 3 nitrogen and oxygen atoms in total. The second-order valence-electron chi connectivity index (χ2n) is 5.18. The summed E-state index contributed by atoms with van der Waals surface area (Å²) in [7, 11) is 0. The van der Waals surface area contributed by atoms with Gasteiger partial charge in [0.15, 0.2) is 0 Å². The van der Waals surface area contributed by atoms with Crippen molar-refractivity contribution in [1.82, 2.24) is 10.6 Å². The van der Waals surface area contributed by atoms with Gasteiger partial charge in [0.25, 0.3) is 0 Å². The molecule has 1 aliphatic carbocycles. The van der Waals surface area contributed by atoms with Crippen LogP contribution in [0, 0.1) is 0 Å². The van der Waals surface area contributed by atoms with Gasteiger partial charge in [-0.1, -0.05) is 30.7 Å². The van der Waals surface area contributed by atoms with Gasteiger partial charge in [-0.2, -0.15) is 0 Å². The van der Waals surface area contributed by atoms with Crippen LogP contribution in [0.25, 0.3) is 0 Å². The van der Waals surface area contributed by atoms with E-state index >= 15 is 0 Å². The van der Waals surface area contributed by atoms with Crippen LogP contribution >= 0.6 is 11.6 Å². The quantitative estimate of drug-likeness (QED) is 0.841. The Kier molecular flexibility index (Phi) is 4.83. The van der Waals surface area contributed by atoms with Crippen molar-refractivity contribution in [2.75, 3.05) is 0 Å². The van der Waals surface area contributed by atoms with Crippen LogP contribution in [0.4, 0.5) is 0 Å². The van der Waals surface area contributed by atoms with Gasteiger partial charge >= 0.3 is 0 Å². The predicted octanol–water partition coefficient (Wildman–Crippen LogP) is 3.05. The molecule has 0 radical (unpaired) electrons. The molecule has 2 rings (SSSR count). The molecule has 1 fully saturated rings. The first-order valence-corrected chi connectivity index (χ1v) is 7.30. The monoisotopic (exact) mass is 280 g/mol. The number of hydrogen-bond donors (Lipinski definition) is 2. The first-order valence-electron chi connectivity index (χ1n) is 6.92. The molecule has 1 aromatic rings. The van der Waals surface area contributed by atoms with Crippen molar-refractivity contribution < 1.29 is 4.79 Å². The van der Waals surface area contributed by atoms with Gasteiger partial charge in [0.1, 0.15) is 0 Å². The van der Waals surface area contributed by atoms with Crippen molar-refractivity contribution in [2.24, 2.45) is 0 Å². The second kappa shape index (κ2) is 6.40. The molecule has 0 bridgehead atoms. The molecule has 1 saturated carbocycles. The Balaban J connectivity index is 1.93. The van der Waals surface area contributed by atoms with E-state index in [1.54, 1.807) is 0 Å². The van der Waals surface area contributed by atoms with Crippen LogP contribution in [0.3, 0.4) is 0 Å². The largest absolute Gasteiger partial charge is 0.352 e. The van der Waals surface area contributed by atoms with Gasteiger partial charge < -0.3 is 5.32 Å². The van der Waals surface area contributed by atoms with Gasteiger partial charge in [0.2, 0.25) is 5.91 Å². The normalized spacial score (nSPS) is 17.8. The summed E-state index contributed by atoms with van der Waals surface area (Å²) in [4.78, 5) is 11.9. The third-order valence-corrected chi connectivity index (χ3v) is 3.70. The van der Waals surface area contributed by atoms with Crippen LogP contribution in [0.15, 0.2) is 24.3 Å². The number of nitrogens with one attached hydrogen (secondary N) is 2. The molecule has 0 saturated heterocycles. The lowest BCUT2D eigenvalue weighted by Gasteiger charge is -2.22. The number of rotatable bonds is 6. The highest BCUT2D eigenvalue weighted by molar-refractivity contribution is 6.30. The molecule has 19 heavy (non-hydrogen) atoms. The molecule has 4 heteroatoms. The van der Waals surface area contributed by atoms with Crippen LogP contribution in [0.2, 0.25) is 5.02 Å². The topological polar surface area (TPSA) is 41.1 Å². The van der Waals surface area contributed by atoms with E-state index in [1.807, 2.05) is 31.2 Å². The third-order valence-electron chi connectivity index (χ3n) is 3.45. The van der Waals surface area contributed by atoms with Crippen LogP contribution in [-0.4, -0.2) is 18.0 Å². The molecule has 0 aliphatic heterocycles. The molecule has 0 heterocycles. The summed E-state index contributed by atoms with van der Waals surface area (Å²) in [5, 5.41) is 7.14. The molecule has 104 valence electrons. The molecule has 2 unspecified atom stereocenters. The second-order valence-corrected chi connectivity index (χ2v) is 5.62. The zero-order chi connectivity index (χ0) is 13.8. The average molecular weight is 281 g/mol. The third kappa shape index (κ3) is 4.22. The maximum atomic E-state index is 11.9. The minimum Gasteiger partial charge on any atom is -0.352 e. The Morgan fingerprint density at radius 3 is 2.53 bits per heavy atom. The minimum absolute atomic E-state index is 0.0925. The van der Waals surface area contributed by atoms with Gasteiger partial charge in [0.05, 0.1) is 6.04 Å². The fourth-order valence-electron chi connectivity index (χ4n) is 2.08. The molecule has 0 spiro atoms. The summed E-state index contributed by atoms with van der Waals surface area (Å²) in [6.45, 7) is 4.02. The lowest BCUT2D eigenvalue weighted by molar-refractivity contribution is -0.123. The van der Waals surface area contributed by atoms with Crippen molar-refractivity contribution in [1.29, 1.82) is 0 Å². The first-order chi connectivity index (χ1) is 9.10. The van der Waals surface area contributed by atoms with Gasteiger partial charge in [0, 0.05) is 17.1 Å². The van der Waals surface area contributed by atoms with E-state index in [9.17, 15) is 4.79 Å². The van der Waals surface area contributed by atoms with Crippen molar-refractivity contribution in [3.05, 3.63) is 34.9 Å². The number of halogens is 1. The highest BCUT2D eigenvalue weighted by Crippen LogP contribution is 2.21. The van der Waals surface area contributed by atoms with Gasteiger partial charge in [-0.15, -0.1) is 0 Å². The zero-order valence-electron chi connectivity index (χ0n) is 11.4. The van der Waals surface area contributed by atoms with E-state index in [0.717, 1.165) is 29.8 Å². The molecule has 1 amide bonds. The highest BCUT2D eigenvalue weighted by Gasteiger charge is 2.26. The smallest absolute Gasteiger partial charge is 0.237 e. The fourth-order valence-corrected chi connectivity index (χ4v) is 2.20. The molecule has 1 aliphatic rings. The Hall–Kier alpha value is -1.06. The lowest BCUT2D eigenvalue weighted by atomic mass is 10.0. The van der Waals surface area contributed by atoms with E-state index in [0.29, 0.717) is 6.04 Å². The molecule has 2 N–H and O–H groups in total. The number of benzene rings is 1. The minimum atomic E-state index is -0.179. The summed E-state index contributed by atoms with van der Waals surface area (Å²) in [5.74, 6) is 0.0925. The van der Waals surface area contributed by atoms with Gasteiger partial charge in [-0.3, -0.25) is 10.1 Å². The van der Waals surface area contributed by atoms with Crippen LogP contribution in [0.5, 0.6) is 0 Å². The zero-order valence-corrected chi connectivity index (χ0v) is 12.2. The Bertz CT molecular complexity index is 428. The predicted molar refractivity (Wildman–Crippen MR) is 78.2 cm³/mol. The SMILES string of the molecule is CCC(NC(C)C(=O)NC1CC1)c1ccc(Cl)cc1. The van der Waals surface area contributed by atoms with Crippen molar-refractivity contribution >= 4 is 17.5 Å². The van der Waals surface area contributed by atoms with Crippen molar-refractivity contribution in [3.63, 3.8) is 0 Å². The molecule has 0 aromatic heterocycles. The Morgan fingerprint density at radius 1 is 1.37 bits per heavy atom. The summed E-state index contributed by atoms with van der Waals surface area (Å²) < 4.78 is 0. The van der Waals surface area contributed by atoms with Crippen molar-refractivity contribution in [2.45, 2.75) is 51.2 Å². The number of carbonyl (C=O) groups is 1. The summed E-state index contributed by atoms with van der Waals surface area (Å²) in [6.07, 6.45) is 3.17. The molecule has 2 atom stereocenters. The summed E-state index contributed by atoms with van der Waals surface area (Å²) >= 11 is 5.90. The Morgan fingerprint density at radius 2 is 2.00 bits per heavy atom. The number of hydrogen-bond acceptors (Lipinski definition) is 2. The van der Waals surface area contributed by atoms with E-state index in [-0.39, 0.29) is 18.0 Å². The summed E-state index contributed by atoms with van der Waals surface area (Å²) in [5.41, 5.74) is 1.16. The van der Waals surface area contributed by atoms with Crippen LogP contribution in [0.1, 0.15) is 44.7 Å².